The van der Waals surface area contributed by atoms with Crippen LogP contribution in [0.3, 0.4) is 0 Å². The van der Waals surface area contributed by atoms with Gasteiger partial charge in [0.2, 0.25) is 0 Å². The summed E-state index contributed by atoms with van der Waals surface area (Å²) in [6.45, 7) is 0. The SMILES string of the molecule is COc1ccccc1NC(=S)Nc1ccc2c(c1)CCC2. The molecule has 1 aliphatic rings. The first-order valence-corrected chi connectivity index (χ1v) is 7.50. The van der Waals surface area contributed by atoms with E-state index in [4.69, 9.17) is 17.0 Å². The Labute approximate surface area is 130 Å². The van der Waals surface area contributed by atoms with Crippen LogP contribution in [0, 0.1) is 0 Å². The first kappa shape index (κ1) is 13.9. The number of fused-ring (bicyclic) bond motifs is 1. The summed E-state index contributed by atoms with van der Waals surface area (Å²) in [6, 6.07) is 14.2. The zero-order chi connectivity index (χ0) is 14.7. The van der Waals surface area contributed by atoms with Crippen LogP contribution in [-0.2, 0) is 12.8 Å². The molecule has 0 aromatic heterocycles. The molecule has 108 valence electrons. The van der Waals surface area contributed by atoms with Crippen LogP contribution >= 0.6 is 12.2 Å². The maximum atomic E-state index is 5.38. The van der Waals surface area contributed by atoms with Gasteiger partial charge in [-0.05, 0) is 66.9 Å². The second-order valence-electron chi connectivity index (χ2n) is 5.12. The molecule has 0 heterocycles. The fraction of sp³-hybridized carbons (Fsp3) is 0.235. The molecule has 4 heteroatoms. The molecule has 3 nitrogen and oxygen atoms in total. The summed E-state index contributed by atoms with van der Waals surface area (Å²) < 4.78 is 5.31. The minimum absolute atomic E-state index is 0.567. The Hall–Kier alpha value is -2.07. The summed E-state index contributed by atoms with van der Waals surface area (Å²) in [6.07, 6.45) is 3.61. The third-order valence-electron chi connectivity index (χ3n) is 3.71. The Morgan fingerprint density at radius 3 is 2.71 bits per heavy atom. The topological polar surface area (TPSA) is 33.3 Å². The highest BCUT2D eigenvalue weighted by Crippen LogP contribution is 2.26. The van der Waals surface area contributed by atoms with Crippen LogP contribution < -0.4 is 15.4 Å². The lowest BCUT2D eigenvalue weighted by atomic mass is 10.1. The smallest absolute Gasteiger partial charge is 0.175 e. The van der Waals surface area contributed by atoms with E-state index in [1.807, 2.05) is 24.3 Å². The molecule has 0 saturated carbocycles. The lowest BCUT2D eigenvalue weighted by molar-refractivity contribution is 0.417. The Morgan fingerprint density at radius 2 is 1.86 bits per heavy atom. The summed E-state index contributed by atoms with van der Waals surface area (Å²) in [5.74, 6) is 0.774. The van der Waals surface area contributed by atoms with Gasteiger partial charge in [-0.25, -0.2) is 0 Å². The minimum atomic E-state index is 0.567. The highest BCUT2D eigenvalue weighted by Gasteiger charge is 2.11. The molecule has 0 amide bonds. The Kier molecular flexibility index (Phi) is 4.06. The van der Waals surface area contributed by atoms with Crippen molar-refractivity contribution < 1.29 is 4.74 Å². The molecule has 2 aromatic rings. The van der Waals surface area contributed by atoms with Gasteiger partial charge in [0.25, 0.3) is 0 Å². The molecule has 0 unspecified atom stereocenters. The van der Waals surface area contributed by atoms with Crippen molar-refractivity contribution in [2.45, 2.75) is 19.3 Å². The van der Waals surface area contributed by atoms with Crippen molar-refractivity contribution in [1.82, 2.24) is 0 Å². The van der Waals surface area contributed by atoms with Crippen molar-refractivity contribution in [2.75, 3.05) is 17.7 Å². The van der Waals surface area contributed by atoms with Crippen molar-refractivity contribution in [3.8, 4) is 5.75 Å². The number of anilines is 2. The number of nitrogens with one attached hydrogen (secondary N) is 2. The predicted octanol–water partition coefficient (Wildman–Crippen LogP) is 3.99. The minimum Gasteiger partial charge on any atom is -0.495 e. The van der Waals surface area contributed by atoms with E-state index in [9.17, 15) is 0 Å². The molecular weight excluding hydrogens is 280 g/mol. The second-order valence-corrected chi connectivity index (χ2v) is 5.52. The van der Waals surface area contributed by atoms with Gasteiger partial charge in [-0.2, -0.15) is 0 Å². The Bertz CT molecular complexity index is 670. The average molecular weight is 298 g/mol. The van der Waals surface area contributed by atoms with Gasteiger partial charge in [0.1, 0.15) is 5.75 Å². The van der Waals surface area contributed by atoms with Gasteiger partial charge in [-0.15, -0.1) is 0 Å². The van der Waals surface area contributed by atoms with E-state index in [1.54, 1.807) is 7.11 Å². The predicted molar refractivity (Wildman–Crippen MR) is 91.3 cm³/mol. The van der Waals surface area contributed by atoms with E-state index in [0.29, 0.717) is 5.11 Å². The standard InChI is InChI=1S/C17H18N2OS/c1-20-16-8-3-2-7-15(16)19-17(21)18-14-10-9-12-5-4-6-13(12)11-14/h2-3,7-11H,4-6H2,1H3,(H2,18,19,21). The molecule has 3 rings (SSSR count). The first-order valence-electron chi connectivity index (χ1n) is 7.09. The summed E-state index contributed by atoms with van der Waals surface area (Å²) in [7, 11) is 1.65. The average Bonchev–Trinajstić information content (AvgIpc) is 2.95. The van der Waals surface area contributed by atoms with Crippen LogP contribution in [0.1, 0.15) is 17.5 Å². The van der Waals surface area contributed by atoms with E-state index in [1.165, 1.54) is 24.0 Å². The number of thiocarbonyl (C=S) groups is 1. The molecule has 0 aliphatic heterocycles. The van der Waals surface area contributed by atoms with Crippen LogP contribution in [-0.4, -0.2) is 12.2 Å². The van der Waals surface area contributed by atoms with Crippen LogP contribution in [0.4, 0.5) is 11.4 Å². The highest BCUT2D eigenvalue weighted by molar-refractivity contribution is 7.80. The summed E-state index contributed by atoms with van der Waals surface area (Å²) >= 11 is 5.38. The summed E-state index contributed by atoms with van der Waals surface area (Å²) in [5.41, 5.74) is 4.78. The summed E-state index contributed by atoms with van der Waals surface area (Å²) in [5, 5.41) is 6.98. The lowest BCUT2D eigenvalue weighted by Gasteiger charge is -2.14. The maximum Gasteiger partial charge on any atom is 0.175 e. The number of hydrogen-bond donors (Lipinski definition) is 2. The molecule has 2 N–H and O–H groups in total. The second kappa shape index (κ2) is 6.14. The number of para-hydroxylation sites is 2. The zero-order valence-corrected chi connectivity index (χ0v) is 12.8. The fourth-order valence-electron chi connectivity index (χ4n) is 2.68. The number of rotatable bonds is 3. The number of methoxy groups -OCH3 is 1. The molecule has 0 bridgehead atoms. The molecule has 0 atom stereocenters. The quantitative estimate of drug-likeness (QED) is 0.839. The number of benzene rings is 2. The largest absolute Gasteiger partial charge is 0.495 e. The fourth-order valence-corrected chi connectivity index (χ4v) is 2.91. The van der Waals surface area contributed by atoms with Gasteiger partial charge in [0.15, 0.2) is 5.11 Å². The van der Waals surface area contributed by atoms with E-state index in [-0.39, 0.29) is 0 Å². The van der Waals surface area contributed by atoms with Crippen molar-refractivity contribution in [3.63, 3.8) is 0 Å². The molecule has 21 heavy (non-hydrogen) atoms. The van der Waals surface area contributed by atoms with Crippen molar-refractivity contribution in [3.05, 3.63) is 53.6 Å². The Morgan fingerprint density at radius 1 is 1.05 bits per heavy atom. The van der Waals surface area contributed by atoms with E-state index in [2.05, 4.69) is 28.8 Å². The van der Waals surface area contributed by atoms with Gasteiger partial charge >= 0.3 is 0 Å². The third-order valence-corrected chi connectivity index (χ3v) is 3.92. The Balaban J connectivity index is 1.69. The molecule has 2 aromatic carbocycles. The monoisotopic (exact) mass is 298 g/mol. The normalized spacial score (nSPS) is 12.6. The molecule has 0 fully saturated rings. The van der Waals surface area contributed by atoms with Crippen molar-refractivity contribution in [2.24, 2.45) is 0 Å². The van der Waals surface area contributed by atoms with Gasteiger partial charge in [-0.3, -0.25) is 0 Å². The first-order chi connectivity index (χ1) is 10.3. The zero-order valence-electron chi connectivity index (χ0n) is 12.0. The molecule has 0 spiro atoms. The molecule has 1 aliphatic carbocycles. The number of ether oxygens (including phenoxy) is 1. The maximum absolute atomic E-state index is 5.38. The summed E-state index contributed by atoms with van der Waals surface area (Å²) in [4.78, 5) is 0. The van der Waals surface area contributed by atoms with Crippen LogP contribution in [0.2, 0.25) is 0 Å². The van der Waals surface area contributed by atoms with Crippen LogP contribution in [0.15, 0.2) is 42.5 Å². The van der Waals surface area contributed by atoms with E-state index < -0.39 is 0 Å². The molecule has 0 radical (unpaired) electrons. The van der Waals surface area contributed by atoms with Gasteiger partial charge < -0.3 is 15.4 Å². The van der Waals surface area contributed by atoms with Crippen LogP contribution in [0.5, 0.6) is 5.75 Å². The van der Waals surface area contributed by atoms with Crippen LogP contribution in [0.25, 0.3) is 0 Å². The third kappa shape index (κ3) is 3.16. The van der Waals surface area contributed by atoms with Gasteiger partial charge in [0, 0.05) is 5.69 Å². The van der Waals surface area contributed by atoms with E-state index in [0.717, 1.165) is 23.5 Å². The van der Waals surface area contributed by atoms with Gasteiger partial charge in [-0.1, -0.05) is 18.2 Å². The molecular formula is C17H18N2OS. The van der Waals surface area contributed by atoms with Crippen molar-refractivity contribution >= 4 is 28.7 Å². The lowest BCUT2D eigenvalue weighted by Crippen LogP contribution is -2.19. The number of aryl methyl sites for hydroxylation is 2. The van der Waals surface area contributed by atoms with Crippen molar-refractivity contribution in [1.29, 1.82) is 0 Å². The molecule has 0 saturated heterocycles. The number of hydrogen-bond acceptors (Lipinski definition) is 2. The highest BCUT2D eigenvalue weighted by atomic mass is 32.1. The van der Waals surface area contributed by atoms with E-state index >= 15 is 0 Å². The van der Waals surface area contributed by atoms with Gasteiger partial charge in [0.05, 0.1) is 12.8 Å².